The van der Waals surface area contributed by atoms with Crippen molar-refractivity contribution in [2.45, 2.75) is 25.7 Å². The largest absolute Gasteiger partial charge is 0.383 e. The first-order valence-corrected chi connectivity index (χ1v) is 9.73. The molecule has 27 heavy (non-hydrogen) atoms. The van der Waals surface area contributed by atoms with E-state index in [4.69, 9.17) is 10.7 Å². The lowest BCUT2D eigenvalue weighted by molar-refractivity contribution is 0.928. The van der Waals surface area contributed by atoms with Crippen molar-refractivity contribution in [3.8, 4) is 17.2 Å². The number of nitrogens with one attached hydrogen (secondary N) is 4. The summed E-state index contributed by atoms with van der Waals surface area (Å²) < 4.78 is 0. The third kappa shape index (κ3) is 3.75. The predicted molar refractivity (Wildman–Crippen MR) is 112 cm³/mol. The van der Waals surface area contributed by atoms with E-state index in [2.05, 4.69) is 58.4 Å². The monoisotopic (exact) mass is 359 g/mol. The van der Waals surface area contributed by atoms with E-state index in [1.54, 1.807) is 0 Å². The van der Waals surface area contributed by atoms with Gasteiger partial charge in [0.1, 0.15) is 0 Å². The van der Waals surface area contributed by atoms with Crippen LogP contribution in [-0.2, 0) is 0 Å². The Kier molecular flexibility index (Phi) is 4.97. The average Bonchev–Trinajstić information content (AvgIpc) is 3.54. The summed E-state index contributed by atoms with van der Waals surface area (Å²) in [7, 11) is 0. The van der Waals surface area contributed by atoms with Crippen molar-refractivity contribution in [2.24, 2.45) is 5.92 Å². The quantitative estimate of drug-likeness (QED) is 0.445. The highest BCUT2D eigenvalue weighted by Crippen LogP contribution is 2.39. The van der Waals surface area contributed by atoms with E-state index in [0.29, 0.717) is 24.6 Å². The predicted octanol–water partition coefficient (Wildman–Crippen LogP) is 4.68. The third-order valence-electron chi connectivity index (χ3n) is 5.19. The first-order valence-electron chi connectivity index (χ1n) is 9.73. The van der Waals surface area contributed by atoms with Gasteiger partial charge in [0.15, 0.2) is 0 Å². The summed E-state index contributed by atoms with van der Waals surface area (Å²) in [5, 5.41) is 27.8. The summed E-state index contributed by atoms with van der Waals surface area (Å²) in [6.45, 7) is 2.53. The molecule has 2 aliphatic rings. The molecule has 0 radical (unpaired) electrons. The van der Waals surface area contributed by atoms with Gasteiger partial charge in [0.2, 0.25) is 0 Å². The molecule has 2 aromatic rings. The van der Waals surface area contributed by atoms with Gasteiger partial charge in [0.05, 0.1) is 23.9 Å². The van der Waals surface area contributed by atoms with Gasteiger partial charge in [-0.25, -0.2) is 0 Å². The van der Waals surface area contributed by atoms with Crippen molar-refractivity contribution in [3.63, 3.8) is 0 Å². The van der Waals surface area contributed by atoms with Crippen molar-refractivity contribution in [3.05, 3.63) is 42.0 Å². The highest BCUT2D eigenvalue weighted by Gasteiger charge is 2.29. The minimum atomic E-state index is 0.379. The van der Waals surface area contributed by atoms with Gasteiger partial charge in [-0.1, -0.05) is 18.2 Å². The Morgan fingerprint density at radius 1 is 1.19 bits per heavy atom. The Morgan fingerprint density at radius 3 is 2.85 bits per heavy atom. The fourth-order valence-electron chi connectivity index (χ4n) is 3.59. The number of rotatable bonds is 6. The van der Waals surface area contributed by atoms with Crippen molar-refractivity contribution in [1.29, 1.82) is 10.7 Å². The molecular weight excluding hydrogens is 334 g/mol. The van der Waals surface area contributed by atoms with Crippen LogP contribution < -0.4 is 16.0 Å². The molecule has 0 spiro atoms. The molecule has 4 rings (SSSR count). The fraction of sp³-hybridized carbons (Fsp3) is 0.364. The Bertz CT molecular complexity index is 892. The molecule has 0 bridgehead atoms. The average molecular weight is 359 g/mol. The zero-order valence-corrected chi connectivity index (χ0v) is 15.4. The lowest BCUT2D eigenvalue weighted by Crippen LogP contribution is -2.09. The van der Waals surface area contributed by atoms with Crippen LogP contribution in [0.25, 0.3) is 11.1 Å². The van der Waals surface area contributed by atoms with E-state index in [9.17, 15) is 0 Å². The van der Waals surface area contributed by atoms with Crippen LogP contribution in [0.4, 0.5) is 17.1 Å². The van der Waals surface area contributed by atoms with Crippen LogP contribution in [0.2, 0.25) is 0 Å². The first kappa shape index (κ1) is 17.4. The van der Waals surface area contributed by atoms with Crippen LogP contribution in [-0.4, -0.2) is 25.3 Å². The van der Waals surface area contributed by atoms with Gasteiger partial charge in [-0.15, -0.1) is 0 Å². The molecule has 0 unspecified atom stereocenters. The molecule has 2 aromatic carbocycles. The molecule has 1 heterocycles. The van der Waals surface area contributed by atoms with Gasteiger partial charge in [0.25, 0.3) is 0 Å². The van der Waals surface area contributed by atoms with E-state index < -0.39 is 0 Å². The topological polar surface area (TPSA) is 83.7 Å². The minimum Gasteiger partial charge on any atom is -0.383 e. The highest BCUT2D eigenvalue weighted by molar-refractivity contribution is 6.07. The van der Waals surface area contributed by atoms with Crippen molar-refractivity contribution >= 4 is 22.8 Å². The van der Waals surface area contributed by atoms with E-state index in [-0.39, 0.29) is 0 Å². The first-order chi connectivity index (χ1) is 13.3. The maximum Gasteiger partial charge on any atom is 0.0655 e. The van der Waals surface area contributed by atoms with Gasteiger partial charge in [-0.2, -0.15) is 5.26 Å². The Labute approximate surface area is 160 Å². The van der Waals surface area contributed by atoms with Gasteiger partial charge in [0, 0.05) is 48.1 Å². The standard InChI is InChI=1S/C22H25N5/c23-10-2-11-25-19-9-8-16(14-18(19)21(24)15-6-7-15)17-4-1-5-20-22(17)27-13-3-12-26-20/h1,4-5,8-9,14-15,24-27H,2-3,6-7,11-13H2. The summed E-state index contributed by atoms with van der Waals surface area (Å²) in [5.41, 5.74) is 7.20. The van der Waals surface area contributed by atoms with E-state index in [0.717, 1.165) is 66.1 Å². The summed E-state index contributed by atoms with van der Waals surface area (Å²) in [5.74, 6) is 0.379. The third-order valence-corrected chi connectivity index (χ3v) is 5.19. The van der Waals surface area contributed by atoms with Crippen LogP contribution in [0.15, 0.2) is 36.4 Å². The second kappa shape index (κ2) is 7.71. The SMILES string of the molecule is N#CCCNc1ccc(-c2cccc3c2NCCCN3)cc1C(=N)C1CC1. The number of hydrogen-bond acceptors (Lipinski definition) is 5. The minimum absolute atomic E-state index is 0.379. The highest BCUT2D eigenvalue weighted by atomic mass is 15.0. The van der Waals surface area contributed by atoms with Gasteiger partial charge in [-0.05, 0) is 43.0 Å². The number of anilines is 3. The van der Waals surface area contributed by atoms with Gasteiger partial charge < -0.3 is 21.4 Å². The molecule has 5 nitrogen and oxygen atoms in total. The zero-order valence-electron chi connectivity index (χ0n) is 15.4. The molecule has 4 N–H and O–H groups in total. The van der Waals surface area contributed by atoms with Crippen LogP contribution in [0, 0.1) is 22.7 Å². The van der Waals surface area contributed by atoms with E-state index in [1.807, 2.05) is 0 Å². The van der Waals surface area contributed by atoms with Crippen LogP contribution >= 0.6 is 0 Å². The summed E-state index contributed by atoms with van der Waals surface area (Å²) in [6.07, 6.45) is 3.76. The van der Waals surface area contributed by atoms with Gasteiger partial charge in [-0.3, -0.25) is 0 Å². The maximum atomic E-state index is 8.80. The number of nitriles is 1. The zero-order chi connectivity index (χ0) is 18.6. The normalized spacial score (nSPS) is 15.5. The summed E-state index contributed by atoms with van der Waals surface area (Å²) >= 11 is 0. The van der Waals surface area contributed by atoms with E-state index in [1.165, 1.54) is 0 Å². The Hall–Kier alpha value is -3.00. The number of hydrogen-bond donors (Lipinski definition) is 4. The molecule has 138 valence electrons. The molecule has 0 aromatic heterocycles. The van der Waals surface area contributed by atoms with Crippen molar-refractivity contribution in [1.82, 2.24) is 0 Å². The van der Waals surface area contributed by atoms with Crippen molar-refractivity contribution in [2.75, 3.05) is 35.6 Å². The second-order valence-corrected chi connectivity index (χ2v) is 7.22. The molecule has 1 aliphatic heterocycles. The number of benzene rings is 2. The smallest absolute Gasteiger partial charge is 0.0655 e. The van der Waals surface area contributed by atoms with Gasteiger partial charge >= 0.3 is 0 Å². The maximum absolute atomic E-state index is 8.80. The Morgan fingerprint density at radius 2 is 2.04 bits per heavy atom. The summed E-state index contributed by atoms with van der Waals surface area (Å²) in [6, 6.07) is 14.8. The number of fused-ring (bicyclic) bond motifs is 1. The van der Waals surface area contributed by atoms with E-state index >= 15 is 0 Å². The fourth-order valence-corrected chi connectivity index (χ4v) is 3.59. The molecule has 1 saturated carbocycles. The molecule has 1 aliphatic carbocycles. The van der Waals surface area contributed by atoms with Crippen LogP contribution in [0.3, 0.4) is 0 Å². The van der Waals surface area contributed by atoms with Crippen LogP contribution in [0.5, 0.6) is 0 Å². The second-order valence-electron chi connectivity index (χ2n) is 7.22. The molecule has 0 amide bonds. The summed E-state index contributed by atoms with van der Waals surface area (Å²) in [4.78, 5) is 0. The molecule has 5 heteroatoms. The molecule has 0 saturated heterocycles. The Balaban J connectivity index is 1.73. The molecule has 0 atom stereocenters. The van der Waals surface area contributed by atoms with Crippen LogP contribution in [0.1, 0.15) is 31.2 Å². The number of para-hydroxylation sites is 1. The molecule has 1 fully saturated rings. The number of nitrogens with zero attached hydrogens (tertiary/aromatic N) is 1. The lowest BCUT2D eigenvalue weighted by Gasteiger charge is -2.17. The van der Waals surface area contributed by atoms with Crippen molar-refractivity contribution < 1.29 is 0 Å². The lowest BCUT2D eigenvalue weighted by atomic mass is 9.96. The molecular formula is C22H25N5.